The van der Waals surface area contributed by atoms with Gasteiger partial charge in [0.05, 0.1) is 6.26 Å². The normalized spacial score (nSPS) is 15.2. The van der Waals surface area contributed by atoms with Crippen LogP contribution in [0.2, 0.25) is 0 Å². The van der Waals surface area contributed by atoms with Crippen LogP contribution in [-0.4, -0.2) is 34.2 Å². The number of aromatic nitrogens is 2. The lowest BCUT2D eigenvalue weighted by atomic mass is 9.98. The van der Waals surface area contributed by atoms with Crippen LogP contribution in [0.4, 0.5) is 10.5 Å². The number of amides is 2. The van der Waals surface area contributed by atoms with Crippen molar-refractivity contribution in [3.63, 3.8) is 0 Å². The van der Waals surface area contributed by atoms with Crippen molar-refractivity contribution >= 4 is 23.1 Å². The van der Waals surface area contributed by atoms with Gasteiger partial charge in [0.2, 0.25) is 0 Å². The maximum atomic E-state index is 12.5. The van der Waals surface area contributed by atoms with Gasteiger partial charge in [-0.1, -0.05) is 23.5 Å². The van der Waals surface area contributed by atoms with Crippen molar-refractivity contribution in [2.75, 3.05) is 18.4 Å². The average molecular weight is 368 g/mol. The van der Waals surface area contributed by atoms with E-state index in [2.05, 4.69) is 15.5 Å². The predicted octanol–water partition coefficient (Wildman–Crippen LogP) is 4.52. The first-order valence-corrected chi connectivity index (χ1v) is 9.50. The second kappa shape index (κ2) is 7.29. The summed E-state index contributed by atoms with van der Waals surface area (Å²) in [6.45, 7) is 3.45. The van der Waals surface area contributed by atoms with Crippen LogP contribution in [0.15, 0.2) is 47.1 Å². The molecule has 1 aromatic carbocycles. The van der Waals surface area contributed by atoms with Gasteiger partial charge >= 0.3 is 6.03 Å². The van der Waals surface area contributed by atoms with Gasteiger partial charge in [-0.2, -0.15) is 0 Å². The van der Waals surface area contributed by atoms with Crippen molar-refractivity contribution in [2.24, 2.45) is 0 Å². The van der Waals surface area contributed by atoms with Crippen LogP contribution in [0.3, 0.4) is 0 Å². The van der Waals surface area contributed by atoms with Gasteiger partial charge in [-0.15, -0.1) is 10.2 Å². The summed E-state index contributed by atoms with van der Waals surface area (Å²) in [4.78, 5) is 14.3. The minimum absolute atomic E-state index is 0.0393. The molecule has 6 nitrogen and oxygen atoms in total. The third-order valence-corrected chi connectivity index (χ3v) is 5.67. The number of aryl methyl sites for hydroxylation is 1. The number of nitrogens with zero attached hydrogens (tertiary/aromatic N) is 3. The van der Waals surface area contributed by atoms with Crippen molar-refractivity contribution in [1.82, 2.24) is 15.1 Å². The maximum Gasteiger partial charge on any atom is 0.321 e. The molecular formula is C19H20N4O2S. The molecule has 26 heavy (non-hydrogen) atoms. The molecule has 1 fully saturated rings. The number of nitrogens with one attached hydrogen (secondary N) is 1. The predicted molar refractivity (Wildman–Crippen MR) is 101 cm³/mol. The van der Waals surface area contributed by atoms with Crippen molar-refractivity contribution in [3.8, 4) is 10.8 Å². The Kier molecular flexibility index (Phi) is 4.71. The first-order chi connectivity index (χ1) is 12.7. The second-order valence-electron chi connectivity index (χ2n) is 6.48. The van der Waals surface area contributed by atoms with Gasteiger partial charge in [-0.3, -0.25) is 0 Å². The number of piperidine rings is 1. The first-order valence-electron chi connectivity index (χ1n) is 8.69. The van der Waals surface area contributed by atoms with Gasteiger partial charge in [0.15, 0.2) is 10.8 Å². The number of benzene rings is 1. The Labute approximate surface area is 155 Å². The molecule has 3 heterocycles. The molecule has 2 aromatic heterocycles. The van der Waals surface area contributed by atoms with E-state index in [0.29, 0.717) is 5.92 Å². The summed E-state index contributed by atoms with van der Waals surface area (Å²) in [7, 11) is 0. The zero-order valence-electron chi connectivity index (χ0n) is 14.5. The number of likely N-dealkylation sites (tertiary alicyclic amines) is 1. The molecule has 0 aliphatic carbocycles. The number of hydrogen-bond acceptors (Lipinski definition) is 5. The standard InChI is InChI=1S/C19H20N4O2S/c1-13-4-2-5-15(12-13)20-19(24)23-9-7-14(8-10-23)17-21-22-18(26-17)16-6-3-11-25-16/h2-6,11-12,14H,7-10H2,1H3,(H,20,24). The zero-order valence-corrected chi connectivity index (χ0v) is 15.3. The van der Waals surface area contributed by atoms with E-state index >= 15 is 0 Å². The molecule has 4 rings (SSSR count). The maximum absolute atomic E-state index is 12.5. The van der Waals surface area contributed by atoms with E-state index in [4.69, 9.17) is 4.42 Å². The van der Waals surface area contributed by atoms with Gasteiger partial charge in [0, 0.05) is 24.7 Å². The van der Waals surface area contributed by atoms with Crippen LogP contribution in [0.25, 0.3) is 10.8 Å². The first kappa shape index (κ1) is 16.8. The molecule has 2 amide bonds. The Bertz CT molecular complexity index is 883. The highest BCUT2D eigenvalue weighted by molar-refractivity contribution is 7.14. The highest BCUT2D eigenvalue weighted by atomic mass is 32.1. The zero-order chi connectivity index (χ0) is 17.9. The van der Waals surface area contributed by atoms with Crippen molar-refractivity contribution in [3.05, 3.63) is 53.2 Å². The summed E-state index contributed by atoms with van der Waals surface area (Å²) in [5.74, 6) is 1.10. The van der Waals surface area contributed by atoms with E-state index in [-0.39, 0.29) is 6.03 Å². The van der Waals surface area contributed by atoms with Gasteiger partial charge in [0.1, 0.15) is 5.01 Å². The molecule has 7 heteroatoms. The van der Waals surface area contributed by atoms with Gasteiger partial charge < -0.3 is 14.6 Å². The van der Waals surface area contributed by atoms with E-state index < -0.39 is 0 Å². The molecule has 1 aliphatic heterocycles. The number of carbonyl (C=O) groups is 1. The molecule has 1 aliphatic rings. The Morgan fingerprint density at radius 3 is 2.81 bits per heavy atom. The van der Waals surface area contributed by atoms with Crippen LogP contribution >= 0.6 is 11.3 Å². The smallest absolute Gasteiger partial charge is 0.321 e. The van der Waals surface area contributed by atoms with E-state index in [0.717, 1.165) is 53.0 Å². The van der Waals surface area contributed by atoms with Crippen LogP contribution in [0.1, 0.15) is 29.3 Å². The summed E-state index contributed by atoms with van der Waals surface area (Å²) in [5.41, 5.74) is 1.97. The molecule has 0 unspecified atom stereocenters. The molecule has 134 valence electrons. The molecule has 0 saturated carbocycles. The van der Waals surface area contributed by atoms with Crippen LogP contribution in [-0.2, 0) is 0 Å². The van der Waals surface area contributed by atoms with Crippen molar-refractivity contribution < 1.29 is 9.21 Å². The molecule has 0 atom stereocenters. The fraction of sp³-hybridized carbons (Fsp3) is 0.316. The Balaban J connectivity index is 1.34. The van der Waals surface area contributed by atoms with Gasteiger partial charge in [0.25, 0.3) is 0 Å². The lowest BCUT2D eigenvalue weighted by molar-refractivity contribution is 0.194. The number of furan rings is 1. The molecule has 1 saturated heterocycles. The fourth-order valence-corrected chi connectivity index (χ4v) is 4.13. The number of anilines is 1. The molecule has 1 N–H and O–H groups in total. The minimum atomic E-state index is -0.0393. The molecule has 0 spiro atoms. The van der Waals surface area contributed by atoms with Crippen molar-refractivity contribution in [2.45, 2.75) is 25.7 Å². The summed E-state index contributed by atoms with van der Waals surface area (Å²) in [6.07, 6.45) is 3.43. The monoisotopic (exact) mass is 368 g/mol. The lowest BCUT2D eigenvalue weighted by Crippen LogP contribution is -2.40. The van der Waals surface area contributed by atoms with Crippen LogP contribution in [0, 0.1) is 6.92 Å². The number of carbonyl (C=O) groups excluding carboxylic acids is 1. The minimum Gasteiger partial charge on any atom is -0.462 e. The van der Waals surface area contributed by atoms with E-state index in [9.17, 15) is 4.79 Å². The number of rotatable bonds is 3. The molecule has 0 bridgehead atoms. The second-order valence-corrected chi connectivity index (χ2v) is 7.49. The average Bonchev–Trinajstić information content (AvgIpc) is 3.33. The van der Waals surface area contributed by atoms with Crippen molar-refractivity contribution in [1.29, 1.82) is 0 Å². The SMILES string of the molecule is Cc1cccc(NC(=O)N2CCC(c3nnc(-c4ccco4)s3)CC2)c1. The van der Waals surface area contributed by atoms with E-state index in [1.807, 2.05) is 48.2 Å². The lowest BCUT2D eigenvalue weighted by Gasteiger charge is -2.31. The largest absolute Gasteiger partial charge is 0.462 e. The van der Waals surface area contributed by atoms with Crippen LogP contribution in [0.5, 0.6) is 0 Å². The third-order valence-electron chi connectivity index (χ3n) is 4.57. The fourth-order valence-electron chi connectivity index (χ4n) is 3.15. The summed E-state index contributed by atoms with van der Waals surface area (Å²) in [6, 6.07) is 11.5. The summed E-state index contributed by atoms with van der Waals surface area (Å²) in [5, 5.41) is 13.4. The topological polar surface area (TPSA) is 71.3 Å². The number of urea groups is 1. The molecule has 0 radical (unpaired) electrons. The molecular weight excluding hydrogens is 348 g/mol. The summed E-state index contributed by atoms with van der Waals surface area (Å²) >= 11 is 1.58. The Hall–Kier alpha value is -2.67. The Morgan fingerprint density at radius 1 is 1.23 bits per heavy atom. The number of hydrogen-bond donors (Lipinski definition) is 1. The third kappa shape index (κ3) is 3.62. The molecule has 3 aromatic rings. The quantitative estimate of drug-likeness (QED) is 0.738. The van der Waals surface area contributed by atoms with E-state index in [1.54, 1.807) is 17.6 Å². The van der Waals surface area contributed by atoms with Gasteiger partial charge in [-0.05, 0) is 49.6 Å². The van der Waals surface area contributed by atoms with Gasteiger partial charge in [-0.25, -0.2) is 4.79 Å². The Morgan fingerprint density at radius 2 is 2.08 bits per heavy atom. The highest BCUT2D eigenvalue weighted by Gasteiger charge is 2.26. The van der Waals surface area contributed by atoms with E-state index in [1.165, 1.54) is 0 Å². The van der Waals surface area contributed by atoms with Crippen LogP contribution < -0.4 is 5.32 Å². The highest BCUT2D eigenvalue weighted by Crippen LogP contribution is 2.33. The summed E-state index contributed by atoms with van der Waals surface area (Å²) < 4.78 is 5.38.